The first-order valence-corrected chi connectivity index (χ1v) is 4.63. The van der Waals surface area contributed by atoms with Gasteiger partial charge in [-0.3, -0.25) is 5.21 Å². The maximum atomic E-state index is 9.86. The zero-order valence-electron chi connectivity index (χ0n) is 7.89. The number of hydrogen-bond donors (Lipinski definition) is 1. The third-order valence-electron chi connectivity index (χ3n) is 2.33. The number of anilines is 1. The van der Waals surface area contributed by atoms with Crippen LogP contribution in [0.25, 0.3) is 0 Å². The van der Waals surface area contributed by atoms with Gasteiger partial charge in [0.2, 0.25) is 0 Å². The van der Waals surface area contributed by atoms with Crippen LogP contribution in [0.1, 0.15) is 6.42 Å². The monoisotopic (exact) mass is 191 g/mol. The summed E-state index contributed by atoms with van der Waals surface area (Å²) in [6.45, 7) is 4.15. The van der Waals surface area contributed by atoms with Crippen LogP contribution < -0.4 is 9.80 Å². The second-order valence-electron chi connectivity index (χ2n) is 3.30. The SMILES string of the molecule is C=CCC1COc2ccccc2N1O. The number of hydroxylamine groups is 1. The van der Waals surface area contributed by atoms with E-state index in [0.717, 1.165) is 11.4 Å². The Bertz CT molecular complexity index is 338. The number of rotatable bonds is 2. The minimum absolute atomic E-state index is 0.0256. The maximum Gasteiger partial charge on any atom is 0.145 e. The van der Waals surface area contributed by atoms with Gasteiger partial charge in [0.05, 0.1) is 6.04 Å². The second kappa shape index (κ2) is 3.72. The molecule has 1 atom stereocenters. The largest absolute Gasteiger partial charge is 0.489 e. The average molecular weight is 191 g/mol. The molecule has 0 amide bonds. The van der Waals surface area contributed by atoms with Gasteiger partial charge < -0.3 is 4.74 Å². The van der Waals surface area contributed by atoms with Crippen LogP contribution in [0.2, 0.25) is 0 Å². The molecule has 0 aromatic heterocycles. The molecule has 1 aliphatic heterocycles. The number of ether oxygens (including phenoxy) is 1. The number of benzene rings is 1. The van der Waals surface area contributed by atoms with E-state index in [2.05, 4.69) is 6.58 Å². The first kappa shape index (κ1) is 9.09. The molecule has 1 unspecified atom stereocenters. The van der Waals surface area contributed by atoms with Crippen molar-refractivity contribution in [1.82, 2.24) is 0 Å². The molecular weight excluding hydrogens is 178 g/mol. The minimum Gasteiger partial charge on any atom is -0.489 e. The Balaban J connectivity index is 2.26. The Hall–Kier alpha value is -1.48. The summed E-state index contributed by atoms with van der Waals surface area (Å²) >= 11 is 0. The van der Waals surface area contributed by atoms with E-state index < -0.39 is 0 Å². The highest BCUT2D eigenvalue weighted by Gasteiger charge is 2.24. The van der Waals surface area contributed by atoms with Crippen LogP contribution in [0.15, 0.2) is 36.9 Å². The molecule has 0 aliphatic carbocycles. The summed E-state index contributed by atoms with van der Waals surface area (Å²) in [5.74, 6) is 0.732. The van der Waals surface area contributed by atoms with Crippen molar-refractivity contribution in [2.24, 2.45) is 0 Å². The van der Waals surface area contributed by atoms with E-state index in [1.165, 1.54) is 5.06 Å². The van der Waals surface area contributed by atoms with Crippen LogP contribution in [0.5, 0.6) is 5.75 Å². The summed E-state index contributed by atoms with van der Waals surface area (Å²) in [6.07, 6.45) is 2.50. The maximum absolute atomic E-state index is 9.86. The standard InChI is InChI=1S/C11H13NO2/c1-2-5-9-8-14-11-7-4-3-6-10(11)12(9)13/h2-4,6-7,9,13H,1,5,8H2. The normalized spacial score (nSPS) is 19.8. The molecule has 1 aromatic rings. The van der Waals surface area contributed by atoms with Crippen LogP contribution in [-0.4, -0.2) is 17.9 Å². The van der Waals surface area contributed by atoms with Crippen LogP contribution in [0.4, 0.5) is 5.69 Å². The van der Waals surface area contributed by atoms with Crippen molar-refractivity contribution in [3.63, 3.8) is 0 Å². The lowest BCUT2D eigenvalue weighted by atomic mass is 10.1. The predicted octanol–water partition coefficient (Wildman–Crippen LogP) is 2.22. The lowest BCUT2D eigenvalue weighted by Crippen LogP contribution is -2.40. The van der Waals surface area contributed by atoms with Crippen molar-refractivity contribution in [3.05, 3.63) is 36.9 Å². The van der Waals surface area contributed by atoms with Crippen LogP contribution in [-0.2, 0) is 0 Å². The zero-order valence-corrected chi connectivity index (χ0v) is 7.89. The van der Waals surface area contributed by atoms with E-state index in [4.69, 9.17) is 4.74 Å². The molecular formula is C11H13NO2. The Morgan fingerprint density at radius 2 is 2.36 bits per heavy atom. The molecule has 0 saturated heterocycles. The Morgan fingerprint density at radius 1 is 1.57 bits per heavy atom. The molecule has 3 heteroatoms. The highest BCUT2D eigenvalue weighted by molar-refractivity contribution is 5.58. The molecule has 1 aromatic carbocycles. The van der Waals surface area contributed by atoms with Crippen molar-refractivity contribution < 1.29 is 9.94 Å². The summed E-state index contributed by atoms with van der Waals surface area (Å²) in [5.41, 5.74) is 0.727. The van der Waals surface area contributed by atoms with Gasteiger partial charge in [0.15, 0.2) is 0 Å². The van der Waals surface area contributed by atoms with Gasteiger partial charge in [-0.1, -0.05) is 18.2 Å². The highest BCUT2D eigenvalue weighted by atomic mass is 16.5. The average Bonchev–Trinajstić information content (AvgIpc) is 2.23. The minimum atomic E-state index is -0.0256. The Labute approximate surface area is 83.2 Å². The second-order valence-corrected chi connectivity index (χ2v) is 3.30. The molecule has 0 saturated carbocycles. The highest BCUT2D eigenvalue weighted by Crippen LogP contribution is 2.32. The fourth-order valence-electron chi connectivity index (χ4n) is 1.58. The topological polar surface area (TPSA) is 32.7 Å². The van der Waals surface area contributed by atoms with E-state index in [-0.39, 0.29) is 6.04 Å². The van der Waals surface area contributed by atoms with Gasteiger partial charge in [0.1, 0.15) is 18.0 Å². The van der Waals surface area contributed by atoms with E-state index in [1.54, 1.807) is 6.08 Å². The smallest absolute Gasteiger partial charge is 0.145 e. The fraction of sp³-hybridized carbons (Fsp3) is 0.273. The van der Waals surface area contributed by atoms with E-state index >= 15 is 0 Å². The molecule has 3 nitrogen and oxygen atoms in total. The molecule has 74 valence electrons. The van der Waals surface area contributed by atoms with Gasteiger partial charge in [-0.2, -0.15) is 0 Å². The molecule has 1 heterocycles. The summed E-state index contributed by atoms with van der Waals surface area (Å²) in [6, 6.07) is 7.43. The van der Waals surface area contributed by atoms with Crippen molar-refractivity contribution >= 4 is 5.69 Å². The summed E-state index contributed by atoms with van der Waals surface area (Å²) < 4.78 is 5.51. The number of fused-ring (bicyclic) bond motifs is 1. The molecule has 2 rings (SSSR count). The third-order valence-corrected chi connectivity index (χ3v) is 2.33. The number of para-hydroxylation sites is 2. The van der Waals surface area contributed by atoms with Gasteiger partial charge in [-0.15, -0.1) is 6.58 Å². The lowest BCUT2D eigenvalue weighted by molar-refractivity contribution is 0.148. The summed E-state index contributed by atoms with van der Waals surface area (Å²) in [4.78, 5) is 0. The van der Waals surface area contributed by atoms with Gasteiger partial charge in [-0.25, -0.2) is 5.06 Å². The van der Waals surface area contributed by atoms with E-state index in [1.807, 2.05) is 24.3 Å². The van der Waals surface area contributed by atoms with Crippen molar-refractivity contribution in [2.45, 2.75) is 12.5 Å². The first-order chi connectivity index (χ1) is 6.83. The molecule has 1 N–H and O–H groups in total. The van der Waals surface area contributed by atoms with Gasteiger partial charge in [0.25, 0.3) is 0 Å². The van der Waals surface area contributed by atoms with E-state index in [9.17, 15) is 5.21 Å². The van der Waals surface area contributed by atoms with Crippen molar-refractivity contribution in [2.75, 3.05) is 11.7 Å². The lowest BCUT2D eigenvalue weighted by Gasteiger charge is -2.32. The number of hydrogen-bond acceptors (Lipinski definition) is 3. The van der Waals surface area contributed by atoms with Crippen molar-refractivity contribution in [1.29, 1.82) is 0 Å². The predicted molar refractivity (Wildman–Crippen MR) is 54.8 cm³/mol. The van der Waals surface area contributed by atoms with Gasteiger partial charge >= 0.3 is 0 Å². The first-order valence-electron chi connectivity index (χ1n) is 4.63. The summed E-state index contributed by atoms with van der Waals surface area (Å²) in [7, 11) is 0. The molecule has 14 heavy (non-hydrogen) atoms. The Morgan fingerprint density at radius 3 is 3.14 bits per heavy atom. The molecule has 1 aliphatic rings. The molecule has 0 spiro atoms. The quantitative estimate of drug-likeness (QED) is 0.727. The van der Waals surface area contributed by atoms with Crippen LogP contribution in [0.3, 0.4) is 0 Å². The Kier molecular flexibility index (Phi) is 2.41. The summed E-state index contributed by atoms with van der Waals surface area (Å²) in [5, 5.41) is 11.1. The zero-order chi connectivity index (χ0) is 9.97. The fourth-order valence-corrected chi connectivity index (χ4v) is 1.58. The van der Waals surface area contributed by atoms with Gasteiger partial charge in [-0.05, 0) is 18.6 Å². The van der Waals surface area contributed by atoms with E-state index in [0.29, 0.717) is 13.0 Å². The van der Waals surface area contributed by atoms with Crippen molar-refractivity contribution in [3.8, 4) is 5.75 Å². The van der Waals surface area contributed by atoms with Gasteiger partial charge in [0, 0.05) is 0 Å². The van der Waals surface area contributed by atoms with Crippen LogP contribution in [0, 0.1) is 0 Å². The number of nitrogens with zero attached hydrogens (tertiary/aromatic N) is 1. The molecule has 0 bridgehead atoms. The molecule has 0 radical (unpaired) electrons. The third kappa shape index (κ3) is 1.46. The molecule has 0 fully saturated rings. The van der Waals surface area contributed by atoms with Crippen LogP contribution >= 0.6 is 0 Å².